The quantitative estimate of drug-likeness (QED) is 0.842. The lowest BCUT2D eigenvalue weighted by Gasteiger charge is -2.30. The zero-order valence-corrected chi connectivity index (χ0v) is 16.3. The summed E-state index contributed by atoms with van der Waals surface area (Å²) in [5, 5.41) is 5.98. The molecule has 144 valence electrons. The fourth-order valence-electron chi connectivity index (χ4n) is 3.25. The fraction of sp³-hybridized carbons (Fsp3) is 0.600. The molecule has 6 heteroatoms. The molecule has 2 rings (SSSR count). The molecule has 0 bridgehead atoms. The predicted octanol–water partition coefficient (Wildman–Crippen LogP) is 3.36. The van der Waals surface area contributed by atoms with E-state index in [1.807, 2.05) is 20.8 Å². The Bertz CT molecular complexity index is 644. The Kier molecular flexibility index (Phi) is 6.51. The van der Waals surface area contributed by atoms with Crippen LogP contribution in [0, 0.1) is 11.8 Å². The van der Waals surface area contributed by atoms with Crippen LogP contribution in [0.1, 0.15) is 46.5 Å². The van der Waals surface area contributed by atoms with Crippen LogP contribution in [0.3, 0.4) is 0 Å². The molecule has 26 heavy (non-hydrogen) atoms. The highest BCUT2D eigenvalue weighted by Gasteiger charge is 2.31. The number of carbonyl (C=O) groups is 2. The first-order valence-electron chi connectivity index (χ1n) is 9.08. The molecule has 0 radical (unpaired) electrons. The van der Waals surface area contributed by atoms with Crippen LogP contribution in [-0.4, -0.2) is 31.6 Å². The minimum Gasteiger partial charge on any atom is -0.493 e. The molecule has 0 aromatic heterocycles. The van der Waals surface area contributed by atoms with Gasteiger partial charge in [0.25, 0.3) is 0 Å². The molecule has 0 saturated heterocycles. The Balaban J connectivity index is 1.89. The molecule has 1 aromatic carbocycles. The van der Waals surface area contributed by atoms with E-state index < -0.39 is 0 Å². The smallest absolute Gasteiger partial charge is 0.227 e. The molecule has 0 aliphatic heterocycles. The summed E-state index contributed by atoms with van der Waals surface area (Å²) in [6.07, 6.45) is 2.93. The van der Waals surface area contributed by atoms with E-state index in [1.165, 1.54) is 0 Å². The van der Waals surface area contributed by atoms with Crippen molar-refractivity contribution >= 4 is 17.5 Å². The van der Waals surface area contributed by atoms with Crippen molar-refractivity contribution in [2.45, 2.75) is 52.0 Å². The van der Waals surface area contributed by atoms with Crippen molar-refractivity contribution in [3.8, 4) is 11.5 Å². The summed E-state index contributed by atoms with van der Waals surface area (Å²) in [7, 11) is 3.14. The van der Waals surface area contributed by atoms with Gasteiger partial charge < -0.3 is 20.1 Å². The van der Waals surface area contributed by atoms with E-state index in [0.29, 0.717) is 17.2 Å². The van der Waals surface area contributed by atoms with Crippen molar-refractivity contribution in [1.82, 2.24) is 5.32 Å². The number of ether oxygens (including phenoxy) is 2. The van der Waals surface area contributed by atoms with Gasteiger partial charge in [-0.15, -0.1) is 0 Å². The van der Waals surface area contributed by atoms with Gasteiger partial charge in [0.1, 0.15) is 0 Å². The average molecular weight is 362 g/mol. The highest BCUT2D eigenvalue weighted by Crippen LogP contribution is 2.32. The predicted molar refractivity (Wildman–Crippen MR) is 102 cm³/mol. The zero-order valence-electron chi connectivity index (χ0n) is 16.3. The van der Waals surface area contributed by atoms with Gasteiger partial charge in [-0.3, -0.25) is 9.59 Å². The molecule has 0 heterocycles. The molecule has 0 spiro atoms. The van der Waals surface area contributed by atoms with E-state index in [2.05, 4.69) is 10.6 Å². The average Bonchev–Trinajstić information content (AvgIpc) is 2.60. The van der Waals surface area contributed by atoms with Gasteiger partial charge in [-0.25, -0.2) is 0 Å². The monoisotopic (exact) mass is 362 g/mol. The van der Waals surface area contributed by atoms with Gasteiger partial charge in [-0.2, -0.15) is 0 Å². The number of carbonyl (C=O) groups excluding carboxylic acids is 2. The lowest BCUT2D eigenvalue weighted by Crippen LogP contribution is -2.45. The number of amides is 2. The van der Waals surface area contributed by atoms with Gasteiger partial charge in [0, 0.05) is 29.1 Å². The molecular weight excluding hydrogens is 332 g/mol. The first kappa shape index (κ1) is 20.1. The van der Waals surface area contributed by atoms with E-state index in [4.69, 9.17) is 9.47 Å². The largest absolute Gasteiger partial charge is 0.493 e. The number of benzene rings is 1. The van der Waals surface area contributed by atoms with E-state index in [9.17, 15) is 9.59 Å². The maximum Gasteiger partial charge on any atom is 0.227 e. The molecule has 6 nitrogen and oxygen atoms in total. The number of methoxy groups -OCH3 is 2. The summed E-state index contributed by atoms with van der Waals surface area (Å²) in [6, 6.07) is 5.31. The van der Waals surface area contributed by atoms with Gasteiger partial charge in [0.15, 0.2) is 11.5 Å². The van der Waals surface area contributed by atoms with Crippen LogP contribution in [0.4, 0.5) is 5.69 Å². The molecule has 2 amide bonds. The lowest BCUT2D eigenvalue weighted by molar-refractivity contribution is -0.129. The van der Waals surface area contributed by atoms with Crippen LogP contribution >= 0.6 is 0 Å². The Morgan fingerprint density at radius 3 is 1.96 bits per heavy atom. The third kappa shape index (κ3) is 5.38. The standard InChI is InChI=1S/C20H30N2O4/c1-20(2,3)22-19(24)14-8-6-13(7-9-14)18(23)21-15-10-11-16(25-4)17(12-15)26-5/h10-14H,6-9H2,1-5H3,(H,21,23)(H,22,24). The molecule has 1 aliphatic carbocycles. The van der Waals surface area contributed by atoms with E-state index in [0.717, 1.165) is 25.7 Å². The summed E-state index contributed by atoms with van der Waals surface area (Å²) in [4.78, 5) is 24.8. The minimum atomic E-state index is -0.223. The molecule has 2 N–H and O–H groups in total. The second-order valence-corrected chi connectivity index (χ2v) is 7.85. The summed E-state index contributed by atoms with van der Waals surface area (Å²) in [5.74, 6) is 1.22. The van der Waals surface area contributed by atoms with E-state index >= 15 is 0 Å². The van der Waals surface area contributed by atoms with Crippen LogP contribution in [0.15, 0.2) is 18.2 Å². The SMILES string of the molecule is COc1ccc(NC(=O)C2CCC(C(=O)NC(C)(C)C)CC2)cc1OC. The molecular formula is C20H30N2O4. The second-order valence-electron chi connectivity index (χ2n) is 7.85. The highest BCUT2D eigenvalue weighted by atomic mass is 16.5. The third-order valence-corrected chi connectivity index (χ3v) is 4.62. The molecule has 1 aromatic rings. The summed E-state index contributed by atoms with van der Waals surface area (Å²) < 4.78 is 10.5. The maximum absolute atomic E-state index is 12.5. The number of hydrogen-bond acceptors (Lipinski definition) is 4. The minimum absolute atomic E-state index is 0.000597. The van der Waals surface area contributed by atoms with Crippen molar-refractivity contribution < 1.29 is 19.1 Å². The van der Waals surface area contributed by atoms with Gasteiger partial charge in [0.2, 0.25) is 11.8 Å². The van der Waals surface area contributed by atoms with Crippen LogP contribution in [0.25, 0.3) is 0 Å². The Hall–Kier alpha value is -2.24. The van der Waals surface area contributed by atoms with Crippen molar-refractivity contribution in [3.63, 3.8) is 0 Å². The summed E-state index contributed by atoms with van der Waals surface area (Å²) in [5.41, 5.74) is 0.457. The number of nitrogens with one attached hydrogen (secondary N) is 2. The van der Waals surface area contributed by atoms with Crippen LogP contribution in [0.5, 0.6) is 11.5 Å². The summed E-state index contributed by atoms with van der Waals surface area (Å²) in [6.45, 7) is 5.94. The van der Waals surface area contributed by atoms with Gasteiger partial charge in [0.05, 0.1) is 14.2 Å². The number of hydrogen-bond donors (Lipinski definition) is 2. The molecule has 1 saturated carbocycles. The molecule has 1 aliphatic rings. The molecule has 0 atom stereocenters. The Labute approximate surface area is 155 Å². The molecule has 1 fully saturated rings. The first-order chi connectivity index (χ1) is 12.2. The van der Waals surface area contributed by atoms with Gasteiger partial charge >= 0.3 is 0 Å². The number of anilines is 1. The lowest BCUT2D eigenvalue weighted by atomic mass is 9.81. The van der Waals surface area contributed by atoms with Crippen LogP contribution < -0.4 is 20.1 Å². The van der Waals surface area contributed by atoms with Crippen LogP contribution in [-0.2, 0) is 9.59 Å². The maximum atomic E-state index is 12.5. The Morgan fingerprint density at radius 1 is 0.923 bits per heavy atom. The summed E-state index contributed by atoms with van der Waals surface area (Å²) >= 11 is 0. The van der Waals surface area contributed by atoms with Crippen molar-refractivity contribution in [1.29, 1.82) is 0 Å². The van der Waals surface area contributed by atoms with E-state index in [-0.39, 0.29) is 29.2 Å². The third-order valence-electron chi connectivity index (χ3n) is 4.62. The topological polar surface area (TPSA) is 76.7 Å². The first-order valence-corrected chi connectivity index (χ1v) is 9.08. The Morgan fingerprint density at radius 2 is 1.46 bits per heavy atom. The van der Waals surface area contributed by atoms with Gasteiger partial charge in [-0.1, -0.05) is 0 Å². The van der Waals surface area contributed by atoms with Crippen LogP contribution in [0.2, 0.25) is 0 Å². The van der Waals surface area contributed by atoms with Gasteiger partial charge in [-0.05, 0) is 58.6 Å². The molecule has 0 unspecified atom stereocenters. The highest BCUT2D eigenvalue weighted by molar-refractivity contribution is 5.93. The number of rotatable bonds is 5. The van der Waals surface area contributed by atoms with E-state index in [1.54, 1.807) is 32.4 Å². The van der Waals surface area contributed by atoms with Crippen molar-refractivity contribution in [3.05, 3.63) is 18.2 Å². The second kappa shape index (κ2) is 8.43. The normalized spacial score (nSPS) is 20.2. The zero-order chi connectivity index (χ0) is 19.3. The van der Waals surface area contributed by atoms with Crippen molar-refractivity contribution in [2.75, 3.05) is 19.5 Å². The van der Waals surface area contributed by atoms with Crippen molar-refractivity contribution in [2.24, 2.45) is 11.8 Å². The fourth-order valence-corrected chi connectivity index (χ4v) is 3.25.